The summed E-state index contributed by atoms with van der Waals surface area (Å²) < 4.78 is 5.37. The summed E-state index contributed by atoms with van der Waals surface area (Å²) in [6.45, 7) is 0. The molecule has 9 heteroatoms. The molecule has 2 aromatic rings. The van der Waals surface area contributed by atoms with E-state index in [1.807, 2.05) is 0 Å². The summed E-state index contributed by atoms with van der Waals surface area (Å²) in [5.41, 5.74) is 0.669. The van der Waals surface area contributed by atoms with E-state index in [4.69, 9.17) is 27.9 Å². The normalized spacial score (nSPS) is 31.3. The van der Waals surface area contributed by atoms with Gasteiger partial charge in [0, 0.05) is 14.7 Å². The highest BCUT2D eigenvalue weighted by molar-refractivity contribution is 9.12. The van der Waals surface area contributed by atoms with Gasteiger partial charge in [0.25, 0.3) is 0 Å². The average molecular weight is 588 g/mol. The molecular weight excluding hydrogens is 573 g/mol. The summed E-state index contributed by atoms with van der Waals surface area (Å²) in [6.07, 6.45) is 0.884. The van der Waals surface area contributed by atoms with Crippen molar-refractivity contribution in [3.05, 3.63) is 58.1 Å². The Balaban J connectivity index is 1.34. The monoisotopic (exact) mass is 585 g/mol. The van der Waals surface area contributed by atoms with Gasteiger partial charge in [0.15, 0.2) is 0 Å². The van der Waals surface area contributed by atoms with Gasteiger partial charge in [0.2, 0.25) is 11.8 Å². The molecule has 0 radical (unpaired) electrons. The molecule has 2 saturated carbocycles. The van der Waals surface area contributed by atoms with Gasteiger partial charge in [0.1, 0.15) is 5.75 Å². The zero-order valence-corrected chi connectivity index (χ0v) is 20.5. The van der Waals surface area contributed by atoms with E-state index >= 15 is 0 Å². The average Bonchev–Trinajstić information content (AvgIpc) is 3.33. The second kappa shape index (κ2) is 7.87. The molecule has 2 bridgehead atoms. The number of hydrogen-bond acceptors (Lipinski definition) is 4. The van der Waals surface area contributed by atoms with Crippen LogP contribution < -0.4 is 9.64 Å². The molecule has 2 amide bonds. The molecular formula is C22H15Br2Cl2NO4. The molecule has 160 valence electrons. The maximum absolute atomic E-state index is 13.1. The first-order chi connectivity index (χ1) is 14.8. The molecule has 1 heterocycles. The lowest BCUT2D eigenvalue weighted by atomic mass is 9.81. The van der Waals surface area contributed by atoms with Gasteiger partial charge in [0.05, 0.1) is 28.1 Å². The highest BCUT2D eigenvalue weighted by atomic mass is 79.9. The molecule has 0 N–H and O–H groups in total. The lowest BCUT2D eigenvalue weighted by Gasteiger charge is -2.28. The van der Waals surface area contributed by atoms with Crippen molar-refractivity contribution in [2.45, 2.75) is 16.1 Å². The molecule has 3 fully saturated rings. The number of carbonyl (C=O) groups is 3. The van der Waals surface area contributed by atoms with Crippen molar-refractivity contribution in [1.82, 2.24) is 0 Å². The zero-order valence-electron chi connectivity index (χ0n) is 15.8. The van der Waals surface area contributed by atoms with E-state index in [0.717, 1.165) is 6.42 Å². The molecule has 2 aromatic carbocycles. The quantitative estimate of drug-likeness (QED) is 0.206. The van der Waals surface area contributed by atoms with Crippen LogP contribution in [-0.2, 0) is 9.59 Å². The van der Waals surface area contributed by atoms with Crippen LogP contribution in [0.3, 0.4) is 0 Å². The molecule has 0 aromatic heterocycles. The van der Waals surface area contributed by atoms with E-state index in [1.54, 1.807) is 30.3 Å². The van der Waals surface area contributed by atoms with Crippen LogP contribution in [0.15, 0.2) is 42.5 Å². The highest BCUT2D eigenvalue weighted by Crippen LogP contribution is 2.60. The fourth-order valence-corrected chi connectivity index (χ4v) is 7.44. The first-order valence-electron chi connectivity index (χ1n) is 9.71. The van der Waals surface area contributed by atoms with Gasteiger partial charge in [-0.15, -0.1) is 0 Å². The van der Waals surface area contributed by atoms with E-state index in [9.17, 15) is 14.4 Å². The first-order valence-corrected chi connectivity index (χ1v) is 12.3. The van der Waals surface area contributed by atoms with Crippen LogP contribution in [0.25, 0.3) is 0 Å². The number of benzene rings is 2. The standard InChI is InChI=1S/C22H15Br2Cl2NO4/c23-18-13-8-14(19(18)24)17-16(13)20(28)27(21(17)29)10-2-4-11(5-3-10)31-22(30)12-6-1-9(25)7-15(12)26/h1-7,13-14,16-19H,8H2/t13-,14+,16+,17-,18+,19-. The van der Waals surface area contributed by atoms with Crippen LogP contribution in [0.5, 0.6) is 5.75 Å². The predicted octanol–water partition coefficient (Wildman–Crippen LogP) is 5.49. The van der Waals surface area contributed by atoms with Crippen LogP contribution in [0.1, 0.15) is 16.8 Å². The predicted molar refractivity (Wildman–Crippen MR) is 124 cm³/mol. The number of esters is 1. The molecule has 0 spiro atoms. The summed E-state index contributed by atoms with van der Waals surface area (Å²) in [6, 6.07) is 10.8. The first kappa shape index (κ1) is 21.4. The Bertz CT molecular complexity index is 1080. The topological polar surface area (TPSA) is 63.7 Å². The van der Waals surface area contributed by atoms with Gasteiger partial charge in [-0.25, -0.2) is 4.79 Å². The molecule has 1 aliphatic heterocycles. The number of fused-ring (bicyclic) bond motifs is 5. The summed E-state index contributed by atoms with van der Waals surface area (Å²) in [7, 11) is 0. The smallest absolute Gasteiger partial charge is 0.345 e. The van der Waals surface area contributed by atoms with Crippen molar-refractivity contribution in [3.63, 3.8) is 0 Å². The largest absolute Gasteiger partial charge is 0.423 e. The number of alkyl halides is 2. The number of carbonyl (C=O) groups excluding carboxylic acids is 3. The third kappa shape index (κ3) is 3.36. The number of amides is 2. The number of rotatable bonds is 3. The van der Waals surface area contributed by atoms with Crippen LogP contribution in [0.4, 0.5) is 5.69 Å². The lowest BCUT2D eigenvalue weighted by Crippen LogP contribution is -2.37. The molecule has 6 atom stereocenters. The zero-order chi connectivity index (χ0) is 22.0. The highest BCUT2D eigenvalue weighted by Gasteiger charge is 2.66. The Morgan fingerprint density at radius 2 is 1.52 bits per heavy atom. The second-order valence-corrected chi connectivity index (χ2v) is 11.0. The number of imide groups is 1. The van der Waals surface area contributed by atoms with Gasteiger partial charge >= 0.3 is 5.97 Å². The van der Waals surface area contributed by atoms with Crippen LogP contribution in [0.2, 0.25) is 10.0 Å². The molecule has 1 saturated heterocycles. The Hall–Kier alpha value is -1.41. The molecule has 5 rings (SSSR count). The molecule has 2 aliphatic carbocycles. The second-order valence-electron chi connectivity index (χ2n) is 8.02. The molecule has 31 heavy (non-hydrogen) atoms. The fourth-order valence-electron chi connectivity index (χ4n) is 5.08. The maximum atomic E-state index is 13.1. The van der Waals surface area contributed by atoms with Crippen molar-refractivity contribution in [2.75, 3.05) is 4.90 Å². The van der Waals surface area contributed by atoms with Crippen LogP contribution in [0, 0.1) is 23.7 Å². The van der Waals surface area contributed by atoms with Crippen LogP contribution in [-0.4, -0.2) is 27.4 Å². The lowest BCUT2D eigenvalue weighted by molar-refractivity contribution is -0.123. The van der Waals surface area contributed by atoms with Crippen molar-refractivity contribution in [1.29, 1.82) is 0 Å². The van der Waals surface area contributed by atoms with Gasteiger partial charge in [-0.05, 0) is 60.7 Å². The molecule has 5 nitrogen and oxygen atoms in total. The third-order valence-electron chi connectivity index (χ3n) is 6.44. The van der Waals surface area contributed by atoms with E-state index < -0.39 is 5.97 Å². The van der Waals surface area contributed by atoms with Gasteiger partial charge in [-0.3, -0.25) is 14.5 Å². The number of ether oxygens (including phenoxy) is 1. The third-order valence-corrected chi connectivity index (χ3v) is 10.2. The minimum atomic E-state index is -0.624. The van der Waals surface area contributed by atoms with Gasteiger partial charge < -0.3 is 4.74 Å². The van der Waals surface area contributed by atoms with E-state index in [2.05, 4.69) is 31.9 Å². The van der Waals surface area contributed by atoms with Gasteiger partial charge in [-0.2, -0.15) is 0 Å². The Morgan fingerprint density at radius 3 is 2.06 bits per heavy atom. The minimum absolute atomic E-state index is 0.149. The summed E-state index contributed by atoms with van der Waals surface area (Å²) in [5, 5.41) is 0.611. The minimum Gasteiger partial charge on any atom is -0.423 e. The van der Waals surface area contributed by atoms with E-state index in [0.29, 0.717) is 10.7 Å². The SMILES string of the molecule is O=C(Oc1ccc(N2C(=O)[C@@H]3[C@@H]4C[C@@H]([C@H](Br)[C@@H]4Br)[C@@H]3C2=O)cc1)c1ccc(Cl)cc1Cl. The number of anilines is 1. The van der Waals surface area contributed by atoms with Crippen molar-refractivity contribution < 1.29 is 19.1 Å². The van der Waals surface area contributed by atoms with Gasteiger partial charge in [-0.1, -0.05) is 55.1 Å². The summed E-state index contributed by atoms with van der Waals surface area (Å²) in [4.78, 5) is 40.3. The van der Waals surface area contributed by atoms with Crippen molar-refractivity contribution >= 4 is 78.5 Å². The summed E-state index contributed by atoms with van der Waals surface area (Å²) in [5.74, 6) is -0.885. The summed E-state index contributed by atoms with van der Waals surface area (Å²) >= 11 is 19.3. The molecule has 3 aliphatic rings. The molecule has 0 unspecified atom stereocenters. The Labute approximate surface area is 205 Å². The van der Waals surface area contributed by atoms with Crippen molar-refractivity contribution in [2.24, 2.45) is 23.7 Å². The Kier molecular flexibility index (Phi) is 5.44. The number of nitrogens with zero attached hydrogens (tertiary/aromatic N) is 1. The van der Waals surface area contributed by atoms with Crippen molar-refractivity contribution in [3.8, 4) is 5.75 Å². The fraction of sp³-hybridized carbons (Fsp3) is 0.318. The van der Waals surface area contributed by atoms with E-state index in [1.165, 1.54) is 17.0 Å². The maximum Gasteiger partial charge on any atom is 0.345 e. The number of halogens is 4. The number of hydrogen-bond donors (Lipinski definition) is 0. The Morgan fingerprint density at radius 1 is 0.935 bits per heavy atom. The van der Waals surface area contributed by atoms with Crippen LogP contribution >= 0.6 is 55.1 Å². The van der Waals surface area contributed by atoms with E-state index in [-0.39, 0.29) is 61.5 Å².